The van der Waals surface area contributed by atoms with Gasteiger partial charge in [0.05, 0.1) is 31.3 Å². The van der Waals surface area contributed by atoms with Crippen LogP contribution in [0.3, 0.4) is 0 Å². The lowest BCUT2D eigenvalue weighted by Crippen LogP contribution is -2.45. The van der Waals surface area contributed by atoms with Gasteiger partial charge in [0.2, 0.25) is 5.91 Å². The fourth-order valence-electron chi connectivity index (χ4n) is 9.70. The molecule has 5 nitrogen and oxygen atoms in total. The molecule has 0 heterocycles. The number of amides is 1. The van der Waals surface area contributed by atoms with Crippen LogP contribution in [0.15, 0.2) is 60.8 Å². The number of rotatable bonds is 58. The third-order valence-corrected chi connectivity index (χ3v) is 14.5. The van der Waals surface area contributed by atoms with E-state index in [1.165, 1.54) is 257 Å². The van der Waals surface area contributed by atoms with E-state index in [2.05, 4.69) is 67.8 Å². The Labute approximate surface area is 443 Å². The smallest absolute Gasteiger partial charge is 0.222 e. The van der Waals surface area contributed by atoms with E-state index in [1.54, 1.807) is 6.08 Å². The van der Waals surface area contributed by atoms with Crippen molar-refractivity contribution in [2.75, 3.05) is 6.61 Å². The van der Waals surface area contributed by atoms with E-state index < -0.39 is 18.2 Å². The largest absolute Gasteiger partial charge is 0.394 e. The molecule has 3 atom stereocenters. The second kappa shape index (κ2) is 60.6. The zero-order valence-electron chi connectivity index (χ0n) is 47.6. The molecule has 0 saturated heterocycles. The average molecular weight is 995 g/mol. The molecule has 416 valence electrons. The molecule has 0 fully saturated rings. The van der Waals surface area contributed by atoms with Crippen molar-refractivity contribution >= 4 is 5.91 Å². The number of carbonyl (C=O) groups is 1. The van der Waals surface area contributed by atoms with E-state index in [0.29, 0.717) is 6.42 Å². The molecule has 4 N–H and O–H groups in total. The van der Waals surface area contributed by atoms with Gasteiger partial charge >= 0.3 is 0 Å². The zero-order valence-corrected chi connectivity index (χ0v) is 47.6. The zero-order chi connectivity index (χ0) is 51.4. The minimum atomic E-state index is -0.963. The Morgan fingerprint density at radius 2 is 0.648 bits per heavy atom. The van der Waals surface area contributed by atoms with Crippen LogP contribution in [0.25, 0.3) is 0 Å². The van der Waals surface area contributed by atoms with Gasteiger partial charge in [0.15, 0.2) is 0 Å². The molecule has 0 aliphatic carbocycles. The molecule has 0 aromatic rings. The molecule has 0 bridgehead atoms. The van der Waals surface area contributed by atoms with Crippen molar-refractivity contribution in [3.63, 3.8) is 0 Å². The summed E-state index contributed by atoms with van der Waals surface area (Å²) >= 11 is 0. The second-order valence-electron chi connectivity index (χ2n) is 21.6. The highest BCUT2D eigenvalue weighted by Crippen LogP contribution is 2.17. The van der Waals surface area contributed by atoms with Gasteiger partial charge in [0, 0.05) is 0 Å². The molecule has 0 saturated carbocycles. The van der Waals surface area contributed by atoms with Crippen molar-refractivity contribution < 1.29 is 20.1 Å². The van der Waals surface area contributed by atoms with E-state index in [-0.39, 0.29) is 18.9 Å². The van der Waals surface area contributed by atoms with E-state index in [4.69, 9.17) is 0 Å². The van der Waals surface area contributed by atoms with Crippen molar-refractivity contribution in [1.29, 1.82) is 0 Å². The minimum absolute atomic E-state index is 0.00174. The summed E-state index contributed by atoms with van der Waals surface area (Å²) < 4.78 is 0. The Balaban J connectivity index is 3.58. The Bertz CT molecular complexity index is 1190. The summed E-state index contributed by atoms with van der Waals surface area (Å²) in [5.41, 5.74) is 0. The number of nitrogens with one attached hydrogen (secondary N) is 1. The minimum Gasteiger partial charge on any atom is -0.394 e. The van der Waals surface area contributed by atoms with Crippen LogP contribution >= 0.6 is 0 Å². The molecule has 0 aromatic carbocycles. The Hall–Kier alpha value is -1.95. The van der Waals surface area contributed by atoms with Gasteiger partial charge in [0.25, 0.3) is 0 Å². The van der Waals surface area contributed by atoms with Crippen LogP contribution in [-0.4, -0.2) is 46.1 Å². The van der Waals surface area contributed by atoms with Gasteiger partial charge in [-0.05, 0) is 77.0 Å². The SMILES string of the molecule is CCCCCCCCCCCCC/C=C\C/C=C\CCCCCCCCCCCCCCCCCC(O)CC(=O)NC(CO)C(O)/C=C/CC/C=C/CC/C=C/CCCCCCCCCCCCCCC. The van der Waals surface area contributed by atoms with Crippen LogP contribution in [0.4, 0.5) is 0 Å². The van der Waals surface area contributed by atoms with Gasteiger partial charge in [-0.1, -0.05) is 306 Å². The fourth-order valence-corrected chi connectivity index (χ4v) is 9.70. The molecule has 0 aliphatic rings. The predicted molar refractivity (Wildman–Crippen MR) is 314 cm³/mol. The quantitative estimate of drug-likeness (QED) is 0.0361. The molecule has 71 heavy (non-hydrogen) atoms. The Kier molecular flexibility index (Phi) is 58.9. The summed E-state index contributed by atoms with van der Waals surface area (Å²) in [6.07, 6.45) is 83.0. The van der Waals surface area contributed by atoms with Gasteiger partial charge in [0.1, 0.15) is 0 Å². The van der Waals surface area contributed by atoms with E-state index >= 15 is 0 Å². The lowest BCUT2D eigenvalue weighted by Gasteiger charge is -2.21. The Morgan fingerprint density at radius 1 is 0.366 bits per heavy atom. The molecular weight excluding hydrogens is 871 g/mol. The van der Waals surface area contributed by atoms with E-state index in [0.717, 1.165) is 44.9 Å². The molecule has 0 spiro atoms. The number of allylic oxidation sites excluding steroid dienone is 9. The first-order valence-electron chi connectivity index (χ1n) is 31.6. The first-order chi connectivity index (χ1) is 35.0. The summed E-state index contributed by atoms with van der Waals surface area (Å²) in [5.74, 6) is -0.327. The van der Waals surface area contributed by atoms with Crippen LogP contribution in [0.5, 0.6) is 0 Å². The number of carbonyl (C=O) groups excluding carboxylic acids is 1. The van der Waals surface area contributed by atoms with Gasteiger partial charge < -0.3 is 20.6 Å². The number of aliphatic hydroxyl groups excluding tert-OH is 3. The van der Waals surface area contributed by atoms with Crippen LogP contribution in [-0.2, 0) is 4.79 Å². The van der Waals surface area contributed by atoms with Crippen molar-refractivity contribution in [3.05, 3.63) is 60.8 Å². The van der Waals surface area contributed by atoms with Crippen LogP contribution < -0.4 is 5.32 Å². The van der Waals surface area contributed by atoms with Gasteiger partial charge in [-0.3, -0.25) is 4.79 Å². The number of hydrogen-bond donors (Lipinski definition) is 4. The maximum Gasteiger partial charge on any atom is 0.222 e. The highest BCUT2D eigenvalue weighted by atomic mass is 16.3. The van der Waals surface area contributed by atoms with Crippen LogP contribution in [0.2, 0.25) is 0 Å². The fraction of sp³-hybridized carbons (Fsp3) is 0.833. The van der Waals surface area contributed by atoms with Crippen molar-refractivity contribution in [3.8, 4) is 0 Å². The monoisotopic (exact) mass is 994 g/mol. The van der Waals surface area contributed by atoms with Gasteiger partial charge in [-0.15, -0.1) is 0 Å². The summed E-state index contributed by atoms with van der Waals surface area (Å²) in [5, 5.41) is 33.5. The molecule has 0 rings (SSSR count). The summed E-state index contributed by atoms with van der Waals surface area (Å²) in [7, 11) is 0. The molecule has 0 radical (unpaired) electrons. The standard InChI is InChI=1S/C66H123NO4/c1-3-5-7-9-11-13-15-17-19-21-23-25-27-28-29-30-31-32-33-34-35-36-38-39-41-43-45-47-49-51-53-55-57-59-63(69)61-66(71)67-64(62-68)65(70)60-58-56-54-52-50-48-46-44-42-40-37-26-24-22-20-18-16-14-12-10-8-6-4-2/h27-28,30-31,42,44,50,52,58,60,63-65,68-70H,3-26,29,32-41,43,45-49,51,53-57,59,61-62H2,1-2H3,(H,67,71)/b28-27-,31-30-,44-42+,52-50+,60-58+. The van der Waals surface area contributed by atoms with E-state index in [1.807, 2.05) is 6.08 Å². The first kappa shape index (κ1) is 69.0. The maximum atomic E-state index is 12.5. The number of aliphatic hydroxyl groups is 3. The van der Waals surface area contributed by atoms with Crippen LogP contribution in [0.1, 0.15) is 328 Å². The summed E-state index contributed by atoms with van der Waals surface area (Å²) in [4.78, 5) is 12.5. The Morgan fingerprint density at radius 3 is 0.986 bits per heavy atom. The third kappa shape index (κ3) is 57.2. The van der Waals surface area contributed by atoms with Crippen molar-refractivity contribution in [2.45, 2.75) is 347 Å². The molecule has 0 aromatic heterocycles. The highest BCUT2D eigenvalue weighted by Gasteiger charge is 2.20. The third-order valence-electron chi connectivity index (χ3n) is 14.5. The summed E-state index contributed by atoms with van der Waals surface area (Å²) in [6.45, 7) is 4.23. The molecule has 0 aliphatic heterocycles. The number of hydrogen-bond acceptors (Lipinski definition) is 4. The molecule has 1 amide bonds. The van der Waals surface area contributed by atoms with Crippen molar-refractivity contribution in [2.24, 2.45) is 0 Å². The molecule has 3 unspecified atom stereocenters. The normalized spacial score (nSPS) is 13.6. The molecular formula is C66H123NO4. The topological polar surface area (TPSA) is 89.8 Å². The lowest BCUT2D eigenvalue weighted by molar-refractivity contribution is -0.124. The second-order valence-corrected chi connectivity index (χ2v) is 21.6. The maximum absolute atomic E-state index is 12.5. The first-order valence-corrected chi connectivity index (χ1v) is 31.6. The predicted octanol–water partition coefficient (Wildman–Crippen LogP) is 20.1. The average Bonchev–Trinajstić information content (AvgIpc) is 3.37. The van der Waals surface area contributed by atoms with Gasteiger partial charge in [-0.25, -0.2) is 0 Å². The molecule has 5 heteroatoms. The highest BCUT2D eigenvalue weighted by molar-refractivity contribution is 5.76. The lowest BCUT2D eigenvalue weighted by atomic mass is 10.0. The van der Waals surface area contributed by atoms with Crippen molar-refractivity contribution in [1.82, 2.24) is 5.32 Å². The summed E-state index contributed by atoms with van der Waals surface area (Å²) in [6, 6.07) is -0.771. The van der Waals surface area contributed by atoms with Gasteiger partial charge in [-0.2, -0.15) is 0 Å². The van der Waals surface area contributed by atoms with E-state index in [9.17, 15) is 20.1 Å². The van der Waals surface area contributed by atoms with Crippen LogP contribution in [0, 0.1) is 0 Å². The number of unbranched alkanes of at least 4 members (excludes halogenated alkanes) is 41.